The zero-order valence-electron chi connectivity index (χ0n) is 19.9. The molecule has 2 atom stereocenters. The second kappa shape index (κ2) is 10.1. The van der Waals surface area contributed by atoms with Crippen molar-refractivity contribution in [2.45, 2.75) is 58.4 Å². The lowest BCUT2D eigenvalue weighted by Gasteiger charge is -2.38. The molecule has 2 aromatic rings. The fraction of sp³-hybridized carbons (Fsp3) is 0.462. The first-order valence-corrected chi connectivity index (χ1v) is 11.3. The highest BCUT2D eigenvalue weighted by atomic mass is 19.4. The molecule has 184 valence electrons. The lowest BCUT2D eigenvalue weighted by molar-refractivity contribution is -0.137. The van der Waals surface area contributed by atoms with Gasteiger partial charge in [0, 0.05) is 31.5 Å². The highest BCUT2D eigenvalue weighted by Gasteiger charge is 2.38. The largest absolute Gasteiger partial charge is 0.444 e. The van der Waals surface area contributed by atoms with E-state index in [1.807, 2.05) is 30.3 Å². The van der Waals surface area contributed by atoms with Gasteiger partial charge in [0.05, 0.1) is 5.56 Å². The summed E-state index contributed by atoms with van der Waals surface area (Å²) in [6.07, 6.45) is -4.45. The number of amides is 2. The SMILES string of the molecule is Cc1cc(CNC(=O)[C@@H]2CCN(C(=O)OC(C)(C)C)C[C@H]2c2ccccc2)cc(C(F)(F)F)c1. The van der Waals surface area contributed by atoms with Gasteiger partial charge < -0.3 is 15.0 Å². The van der Waals surface area contributed by atoms with E-state index in [2.05, 4.69) is 5.32 Å². The normalized spacial score (nSPS) is 19.0. The number of aryl methyl sites for hydroxylation is 1. The van der Waals surface area contributed by atoms with Crippen LogP contribution < -0.4 is 5.32 Å². The number of piperidine rings is 1. The van der Waals surface area contributed by atoms with Crippen molar-refractivity contribution in [1.82, 2.24) is 10.2 Å². The topological polar surface area (TPSA) is 58.6 Å². The fourth-order valence-corrected chi connectivity index (χ4v) is 4.24. The molecular formula is C26H31F3N2O3. The number of rotatable bonds is 4. The molecular weight excluding hydrogens is 445 g/mol. The summed E-state index contributed by atoms with van der Waals surface area (Å²) in [4.78, 5) is 27.4. The Morgan fingerprint density at radius 2 is 1.76 bits per heavy atom. The van der Waals surface area contributed by atoms with Crippen LogP contribution in [0.1, 0.15) is 55.4 Å². The number of likely N-dealkylation sites (tertiary alicyclic amines) is 1. The molecule has 5 nitrogen and oxygen atoms in total. The summed E-state index contributed by atoms with van der Waals surface area (Å²) in [5.74, 6) is -0.925. The van der Waals surface area contributed by atoms with Gasteiger partial charge in [0.2, 0.25) is 5.91 Å². The summed E-state index contributed by atoms with van der Waals surface area (Å²) in [7, 11) is 0. The fourth-order valence-electron chi connectivity index (χ4n) is 4.24. The minimum atomic E-state index is -4.45. The molecule has 1 N–H and O–H groups in total. The van der Waals surface area contributed by atoms with Crippen LogP contribution in [0.4, 0.5) is 18.0 Å². The van der Waals surface area contributed by atoms with Crippen LogP contribution >= 0.6 is 0 Å². The van der Waals surface area contributed by atoms with Gasteiger partial charge in [0.1, 0.15) is 5.60 Å². The molecule has 1 fully saturated rings. The summed E-state index contributed by atoms with van der Waals surface area (Å²) in [6.45, 7) is 7.67. The van der Waals surface area contributed by atoms with Crippen molar-refractivity contribution in [3.05, 3.63) is 70.8 Å². The zero-order valence-corrected chi connectivity index (χ0v) is 19.9. The van der Waals surface area contributed by atoms with E-state index in [9.17, 15) is 22.8 Å². The van der Waals surface area contributed by atoms with Crippen molar-refractivity contribution in [2.75, 3.05) is 13.1 Å². The molecule has 1 aliphatic heterocycles. The molecule has 2 amide bonds. The van der Waals surface area contributed by atoms with Crippen LogP contribution in [0.25, 0.3) is 0 Å². The Morgan fingerprint density at radius 1 is 1.09 bits per heavy atom. The van der Waals surface area contributed by atoms with E-state index in [-0.39, 0.29) is 18.4 Å². The van der Waals surface area contributed by atoms with Crippen molar-refractivity contribution in [3.63, 3.8) is 0 Å². The Morgan fingerprint density at radius 3 is 2.38 bits per heavy atom. The summed E-state index contributed by atoms with van der Waals surface area (Å²) < 4.78 is 45.0. The summed E-state index contributed by atoms with van der Waals surface area (Å²) in [5.41, 5.74) is 0.432. The van der Waals surface area contributed by atoms with Gasteiger partial charge in [0.15, 0.2) is 0 Å². The summed E-state index contributed by atoms with van der Waals surface area (Å²) >= 11 is 0. The second-order valence-electron chi connectivity index (χ2n) is 9.76. The predicted molar refractivity (Wildman–Crippen MR) is 123 cm³/mol. The first kappa shape index (κ1) is 25.6. The molecule has 1 heterocycles. The third-order valence-electron chi connectivity index (χ3n) is 5.76. The van der Waals surface area contributed by atoms with Crippen molar-refractivity contribution < 1.29 is 27.5 Å². The number of ether oxygens (including phenoxy) is 1. The van der Waals surface area contributed by atoms with Crippen molar-refractivity contribution in [2.24, 2.45) is 5.92 Å². The molecule has 2 aromatic carbocycles. The maximum absolute atomic E-state index is 13.2. The van der Waals surface area contributed by atoms with Gasteiger partial charge in [-0.25, -0.2) is 4.79 Å². The number of hydrogen-bond acceptors (Lipinski definition) is 3. The predicted octanol–water partition coefficient (Wildman–Crippen LogP) is 5.67. The number of carbonyl (C=O) groups excluding carboxylic acids is 2. The second-order valence-corrected chi connectivity index (χ2v) is 9.76. The molecule has 8 heteroatoms. The average Bonchev–Trinajstić information content (AvgIpc) is 2.75. The maximum atomic E-state index is 13.2. The molecule has 0 saturated carbocycles. The molecule has 0 radical (unpaired) electrons. The smallest absolute Gasteiger partial charge is 0.416 e. The first-order chi connectivity index (χ1) is 15.8. The monoisotopic (exact) mass is 476 g/mol. The Labute approximate surface area is 198 Å². The van der Waals surface area contributed by atoms with Crippen molar-refractivity contribution in [3.8, 4) is 0 Å². The summed E-state index contributed by atoms with van der Waals surface area (Å²) in [5, 5.41) is 2.82. The first-order valence-electron chi connectivity index (χ1n) is 11.3. The van der Waals surface area contributed by atoms with Crippen LogP contribution in [0.15, 0.2) is 48.5 Å². The van der Waals surface area contributed by atoms with Gasteiger partial charge in [-0.3, -0.25) is 4.79 Å². The molecule has 0 aliphatic carbocycles. The van der Waals surface area contributed by atoms with E-state index in [4.69, 9.17) is 4.74 Å². The molecule has 1 saturated heterocycles. The average molecular weight is 477 g/mol. The molecule has 0 unspecified atom stereocenters. The van der Waals surface area contributed by atoms with Gasteiger partial charge in [-0.15, -0.1) is 0 Å². The summed E-state index contributed by atoms with van der Waals surface area (Å²) in [6, 6.07) is 13.2. The lowest BCUT2D eigenvalue weighted by Crippen LogP contribution is -2.48. The van der Waals surface area contributed by atoms with Gasteiger partial charge >= 0.3 is 12.3 Å². The Hall–Kier alpha value is -3.03. The molecule has 0 aromatic heterocycles. The molecule has 3 rings (SSSR count). The van der Waals surface area contributed by atoms with Crippen LogP contribution in [0.2, 0.25) is 0 Å². The number of halogens is 3. The Kier molecular flexibility index (Phi) is 7.58. The van der Waals surface area contributed by atoms with E-state index < -0.39 is 29.4 Å². The van der Waals surface area contributed by atoms with Crippen LogP contribution in [0.5, 0.6) is 0 Å². The standard InChI is InChI=1S/C26H31F3N2O3/c1-17-12-18(14-20(13-17)26(27,28)29)15-30-23(32)21-10-11-31(24(33)34-25(2,3)4)16-22(21)19-8-6-5-7-9-19/h5-9,12-14,21-22H,10-11,15-16H2,1-4H3,(H,30,32)/t21-,22+/m1/s1. The van der Waals surface area contributed by atoms with Gasteiger partial charge in [-0.1, -0.05) is 42.0 Å². The molecule has 0 spiro atoms. The number of alkyl halides is 3. The van der Waals surface area contributed by atoms with Gasteiger partial charge in [-0.2, -0.15) is 13.2 Å². The molecule has 1 aliphatic rings. The van der Waals surface area contributed by atoms with Crippen LogP contribution in [0, 0.1) is 12.8 Å². The number of carbonyl (C=O) groups is 2. The number of benzene rings is 2. The van der Waals surface area contributed by atoms with Crippen molar-refractivity contribution in [1.29, 1.82) is 0 Å². The Balaban J connectivity index is 1.75. The number of nitrogens with one attached hydrogen (secondary N) is 1. The quantitative estimate of drug-likeness (QED) is 0.619. The third-order valence-corrected chi connectivity index (χ3v) is 5.76. The minimum absolute atomic E-state index is 0.00260. The number of hydrogen-bond donors (Lipinski definition) is 1. The molecule has 34 heavy (non-hydrogen) atoms. The highest BCUT2D eigenvalue weighted by Crippen LogP contribution is 2.34. The zero-order chi connectivity index (χ0) is 25.1. The minimum Gasteiger partial charge on any atom is -0.444 e. The molecule has 0 bridgehead atoms. The lowest BCUT2D eigenvalue weighted by atomic mass is 9.80. The van der Waals surface area contributed by atoms with E-state index in [1.165, 1.54) is 0 Å². The van der Waals surface area contributed by atoms with Gasteiger partial charge in [-0.05, 0) is 57.4 Å². The Bertz CT molecular complexity index is 1020. The van der Waals surface area contributed by atoms with E-state index >= 15 is 0 Å². The van der Waals surface area contributed by atoms with Crippen molar-refractivity contribution >= 4 is 12.0 Å². The number of nitrogens with zero attached hydrogens (tertiary/aromatic N) is 1. The maximum Gasteiger partial charge on any atom is 0.416 e. The van der Waals surface area contributed by atoms with E-state index in [0.29, 0.717) is 30.6 Å². The van der Waals surface area contributed by atoms with Gasteiger partial charge in [0.25, 0.3) is 0 Å². The van der Waals surface area contributed by atoms with E-state index in [0.717, 1.165) is 17.7 Å². The van der Waals surface area contributed by atoms with Crippen LogP contribution in [-0.2, 0) is 22.3 Å². The highest BCUT2D eigenvalue weighted by molar-refractivity contribution is 5.80. The third kappa shape index (κ3) is 6.74. The van der Waals surface area contributed by atoms with Crippen LogP contribution in [-0.4, -0.2) is 35.6 Å². The van der Waals surface area contributed by atoms with E-state index in [1.54, 1.807) is 38.7 Å². The van der Waals surface area contributed by atoms with Crippen LogP contribution in [0.3, 0.4) is 0 Å².